The van der Waals surface area contributed by atoms with Crippen molar-refractivity contribution in [1.29, 1.82) is 5.26 Å². The van der Waals surface area contributed by atoms with Crippen LogP contribution < -0.4 is 5.32 Å². The molecule has 4 rings (SSSR count). The van der Waals surface area contributed by atoms with Crippen LogP contribution in [0, 0.1) is 17.2 Å². The van der Waals surface area contributed by atoms with Gasteiger partial charge in [-0.25, -0.2) is 14.2 Å². The van der Waals surface area contributed by atoms with Crippen LogP contribution in [-0.2, 0) is 11.3 Å². The van der Waals surface area contributed by atoms with Gasteiger partial charge in [0.25, 0.3) is 0 Å². The normalized spacial score (nSPS) is 24.4. The van der Waals surface area contributed by atoms with Crippen molar-refractivity contribution in [2.45, 2.75) is 50.5 Å². The summed E-state index contributed by atoms with van der Waals surface area (Å²) in [6.07, 6.45) is 5.38. The van der Waals surface area contributed by atoms with E-state index < -0.39 is 18.2 Å². The number of carbonyl (C=O) groups is 2. The minimum Gasteiger partial charge on any atom is -0.478 e. The van der Waals surface area contributed by atoms with Crippen LogP contribution in [0.5, 0.6) is 0 Å². The van der Waals surface area contributed by atoms with Gasteiger partial charge in [0.15, 0.2) is 0 Å². The van der Waals surface area contributed by atoms with Crippen molar-refractivity contribution in [2.24, 2.45) is 5.92 Å². The number of aromatic carboxylic acids is 1. The third kappa shape index (κ3) is 6.59. The minimum absolute atomic E-state index is 0.0400. The molecule has 1 aliphatic heterocycles. The summed E-state index contributed by atoms with van der Waals surface area (Å²) in [6, 6.07) is 9.97. The first-order chi connectivity index (χ1) is 15.5. The molecule has 2 fully saturated rings. The molecule has 2 heterocycles. The first-order valence-corrected chi connectivity index (χ1v) is 10.6. The molecule has 1 saturated carbocycles. The highest BCUT2D eigenvalue weighted by Crippen LogP contribution is 2.27. The maximum absolute atomic E-state index is 13.4. The zero-order valence-corrected chi connectivity index (χ0v) is 17.7. The van der Waals surface area contributed by atoms with Gasteiger partial charge >= 0.3 is 5.97 Å². The van der Waals surface area contributed by atoms with Gasteiger partial charge in [0.1, 0.15) is 24.9 Å². The van der Waals surface area contributed by atoms with E-state index >= 15 is 0 Å². The molecule has 32 heavy (non-hydrogen) atoms. The summed E-state index contributed by atoms with van der Waals surface area (Å²) in [6.45, 7) is 1.06. The first kappa shape index (κ1) is 23.3. The van der Waals surface area contributed by atoms with E-state index in [1.807, 2.05) is 10.8 Å². The van der Waals surface area contributed by atoms with E-state index in [4.69, 9.17) is 10.4 Å². The maximum atomic E-state index is 13.4. The van der Waals surface area contributed by atoms with E-state index in [2.05, 4.69) is 15.4 Å². The third-order valence-corrected chi connectivity index (χ3v) is 5.74. The molecule has 0 radical (unpaired) electrons. The molecule has 2 aromatic rings. The molecule has 1 amide bonds. The molecule has 170 valence electrons. The lowest BCUT2D eigenvalue weighted by Gasteiger charge is -2.21. The van der Waals surface area contributed by atoms with Crippen molar-refractivity contribution in [3.8, 4) is 6.07 Å². The molecule has 0 unspecified atom stereocenters. The number of nitrogens with one attached hydrogen (secondary N) is 1. The number of amides is 1. The maximum Gasteiger partial charge on any atom is 0.335 e. The number of rotatable bonds is 6. The molecular weight excluding hydrogens is 415 g/mol. The third-order valence-electron chi connectivity index (χ3n) is 5.74. The van der Waals surface area contributed by atoms with E-state index in [0.29, 0.717) is 11.5 Å². The zero-order valence-electron chi connectivity index (χ0n) is 17.7. The van der Waals surface area contributed by atoms with Gasteiger partial charge in [-0.1, -0.05) is 18.2 Å². The fraction of sp³-hybridized carbons (Fsp3) is 0.500. The van der Waals surface area contributed by atoms with Crippen molar-refractivity contribution < 1.29 is 19.1 Å². The summed E-state index contributed by atoms with van der Waals surface area (Å²) < 4.78 is 15.2. The smallest absolute Gasteiger partial charge is 0.335 e. The highest BCUT2D eigenvalue weighted by molar-refractivity contribution is 5.87. The summed E-state index contributed by atoms with van der Waals surface area (Å²) in [5.74, 6) is -0.537. The Morgan fingerprint density at radius 2 is 2.03 bits per heavy atom. The number of carboxylic acid groups (broad SMARTS) is 1. The van der Waals surface area contributed by atoms with Crippen LogP contribution in [0.2, 0.25) is 0 Å². The highest BCUT2D eigenvalue weighted by atomic mass is 19.1. The molecule has 1 saturated heterocycles. The van der Waals surface area contributed by atoms with Gasteiger partial charge in [-0.3, -0.25) is 9.48 Å². The van der Waals surface area contributed by atoms with Gasteiger partial charge in [0, 0.05) is 19.0 Å². The molecule has 9 nitrogen and oxygen atoms in total. The zero-order chi connectivity index (χ0) is 22.9. The number of benzene rings is 1. The summed E-state index contributed by atoms with van der Waals surface area (Å²) in [5, 5.41) is 24.8. The molecule has 1 aromatic heterocycles. The fourth-order valence-electron chi connectivity index (χ4n) is 4.11. The Balaban J connectivity index is 0.000000269. The molecule has 0 bridgehead atoms. The van der Waals surface area contributed by atoms with E-state index in [1.165, 1.54) is 11.2 Å². The molecule has 4 atom stereocenters. The van der Waals surface area contributed by atoms with E-state index in [0.717, 1.165) is 25.8 Å². The Labute approximate surface area is 185 Å². The Morgan fingerprint density at radius 3 is 2.66 bits per heavy atom. The summed E-state index contributed by atoms with van der Waals surface area (Å²) in [5.41, 5.74) is 0.331. The van der Waals surface area contributed by atoms with Gasteiger partial charge in [-0.15, -0.1) is 0 Å². The second-order valence-corrected chi connectivity index (χ2v) is 8.07. The van der Waals surface area contributed by atoms with E-state index in [-0.39, 0.29) is 31.5 Å². The molecule has 2 aliphatic rings. The van der Waals surface area contributed by atoms with Crippen LogP contribution in [0.1, 0.15) is 36.0 Å². The minimum atomic E-state index is -1.08. The molecule has 0 spiro atoms. The van der Waals surface area contributed by atoms with E-state index in [9.17, 15) is 14.0 Å². The first-order valence-electron chi connectivity index (χ1n) is 10.6. The monoisotopic (exact) mass is 442 g/mol. The number of hydrogen-bond donors (Lipinski definition) is 2. The number of likely N-dealkylation sites (tertiary alicyclic amines) is 1. The summed E-state index contributed by atoms with van der Waals surface area (Å²) in [4.78, 5) is 27.7. The topological polar surface area (TPSA) is 124 Å². The molecule has 10 heteroatoms. The number of aromatic nitrogens is 3. The van der Waals surface area contributed by atoms with Crippen LogP contribution >= 0.6 is 0 Å². The number of nitriles is 1. The van der Waals surface area contributed by atoms with Crippen molar-refractivity contribution in [1.82, 2.24) is 25.0 Å². The molecule has 1 aromatic carbocycles. The molecule has 1 aliphatic carbocycles. The standard InChI is InChI=1S/C15H21FN6O.C7H6O2/c16-12-4-14(5-17)22(8-12)15(23)6-19-13-2-1-11(3-13)7-21-10-18-9-20-21;8-7(9)6-4-2-1-3-5-6/h9-14,19H,1-4,6-8H2;1-5H,(H,8,9)/t11-,12-,13+,14-;/m0./s1. The average Bonchev–Trinajstić information content (AvgIpc) is 3.55. The molecular formula is C22H27FN6O3. The number of alkyl halides is 1. The fourth-order valence-corrected chi connectivity index (χ4v) is 4.11. The quantitative estimate of drug-likeness (QED) is 0.700. The van der Waals surface area contributed by atoms with Gasteiger partial charge in [-0.2, -0.15) is 10.4 Å². The number of hydrogen-bond acceptors (Lipinski definition) is 6. The largest absolute Gasteiger partial charge is 0.478 e. The number of halogens is 1. The Morgan fingerprint density at radius 1 is 1.25 bits per heavy atom. The van der Waals surface area contributed by atoms with Gasteiger partial charge in [0.2, 0.25) is 5.91 Å². The van der Waals surface area contributed by atoms with Crippen LogP contribution in [0.3, 0.4) is 0 Å². The van der Waals surface area contributed by atoms with Crippen LogP contribution in [0.4, 0.5) is 4.39 Å². The van der Waals surface area contributed by atoms with Gasteiger partial charge in [-0.05, 0) is 37.3 Å². The van der Waals surface area contributed by atoms with Gasteiger partial charge < -0.3 is 15.3 Å². The van der Waals surface area contributed by atoms with Crippen molar-refractivity contribution >= 4 is 11.9 Å². The average molecular weight is 442 g/mol. The lowest BCUT2D eigenvalue weighted by Crippen LogP contribution is -2.43. The number of carbonyl (C=O) groups excluding carboxylic acids is 1. The second-order valence-electron chi connectivity index (χ2n) is 8.07. The Kier molecular flexibility index (Phi) is 8.27. The van der Waals surface area contributed by atoms with Crippen LogP contribution in [0.15, 0.2) is 43.0 Å². The van der Waals surface area contributed by atoms with Crippen LogP contribution in [-0.4, -0.2) is 68.0 Å². The summed E-state index contributed by atoms with van der Waals surface area (Å²) in [7, 11) is 0. The SMILES string of the molecule is N#C[C@@H]1C[C@H](F)CN1C(=O)CN[C@@H]1CC[C@H](Cn2cncn2)C1.O=C(O)c1ccccc1. The Bertz CT molecular complexity index is 918. The van der Waals surface area contributed by atoms with Crippen molar-refractivity contribution in [3.63, 3.8) is 0 Å². The predicted octanol–water partition coefficient (Wildman–Crippen LogP) is 1.88. The summed E-state index contributed by atoms with van der Waals surface area (Å²) >= 11 is 0. The van der Waals surface area contributed by atoms with Crippen molar-refractivity contribution in [2.75, 3.05) is 13.1 Å². The highest BCUT2D eigenvalue weighted by Gasteiger charge is 2.35. The second kappa shape index (κ2) is 11.3. The number of carboxylic acids is 1. The lowest BCUT2D eigenvalue weighted by molar-refractivity contribution is -0.130. The van der Waals surface area contributed by atoms with Crippen molar-refractivity contribution in [3.05, 3.63) is 48.5 Å². The van der Waals surface area contributed by atoms with Gasteiger partial charge in [0.05, 0.1) is 24.7 Å². The van der Waals surface area contributed by atoms with Crippen LogP contribution in [0.25, 0.3) is 0 Å². The number of nitrogens with zero attached hydrogens (tertiary/aromatic N) is 5. The Hall–Kier alpha value is -3.32. The lowest BCUT2D eigenvalue weighted by atomic mass is 10.1. The molecule has 2 N–H and O–H groups in total. The predicted molar refractivity (Wildman–Crippen MR) is 113 cm³/mol. The van der Waals surface area contributed by atoms with E-state index in [1.54, 1.807) is 36.7 Å².